The van der Waals surface area contributed by atoms with Crippen LogP contribution < -0.4 is 39.8 Å². The summed E-state index contributed by atoms with van der Waals surface area (Å²) in [5.41, 5.74) is 0. The van der Waals surface area contributed by atoms with Crippen molar-refractivity contribution in [2.24, 2.45) is 0 Å². The molecule has 0 saturated heterocycles. The van der Waals surface area contributed by atoms with E-state index in [4.69, 9.17) is 0 Å². The Bertz CT molecular complexity index is 92.6. The average molecular weight is 174 g/mol. The Morgan fingerprint density at radius 2 is 2.30 bits per heavy atom. The van der Waals surface area contributed by atoms with Crippen LogP contribution in [0.25, 0.3) is 0 Å². The van der Waals surface area contributed by atoms with Gasteiger partial charge in [0.2, 0.25) is 0 Å². The van der Waals surface area contributed by atoms with Crippen molar-refractivity contribution in [2.45, 2.75) is 13.3 Å². The monoisotopic (exact) mass is 174 g/mol. The maximum atomic E-state index is 9.74. The molecule has 0 saturated carbocycles. The van der Waals surface area contributed by atoms with Crippen LogP contribution in [0.15, 0.2) is 0 Å². The minimum absolute atomic E-state index is 0. The second-order valence-electron chi connectivity index (χ2n) is 1.50. The van der Waals surface area contributed by atoms with Gasteiger partial charge >= 0.3 is 37.8 Å². The minimum atomic E-state index is -2.68. The van der Waals surface area contributed by atoms with Crippen molar-refractivity contribution >= 4 is 8.25 Å². The van der Waals surface area contributed by atoms with Gasteiger partial charge in [0.05, 0.1) is 0 Å². The van der Waals surface area contributed by atoms with Crippen LogP contribution in [0.1, 0.15) is 13.3 Å². The summed E-state index contributed by atoms with van der Waals surface area (Å²) in [6, 6.07) is 0. The first-order chi connectivity index (χ1) is 4.27. The van der Waals surface area contributed by atoms with Crippen molar-refractivity contribution in [3.05, 3.63) is 0 Å². The molecular formula is C4H10NNaO3P+. The summed E-state index contributed by atoms with van der Waals surface area (Å²) in [5, 5.41) is 2.76. The Labute approximate surface area is 83.6 Å². The summed E-state index contributed by atoms with van der Waals surface area (Å²) >= 11 is 0. The van der Waals surface area contributed by atoms with E-state index in [9.17, 15) is 9.46 Å². The SMILES string of the molecule is CCCNCO[P+](=O)[O-].[Na+]. The maximum absolute atomic E-state index is 9.74. The molecule has 10 heavy (non-hydrogen) atoms. The van der Waals surface area contributed by atoms with Crippen LogP contribution in [0.4, 0.5) is 0 Å². The number of rotatable bonds is 5. The zero-order chi connectivity index (χ0) is 7.11. The van der Waals surface area contributed by atoms with Gasteiger partial charge in [-0.2, -0.15) is 0 Å². The van der Waals surface area contributed by atoms with E-state index in [2.05, 4.69) is 9.84 Å². The summed E-state index contributed by atoms with van der Waals surface area (Å²) in [6.07, 6.45) is 0.971. The van der Waals surface area contributed by atoms with Crippen molar-refractivity contribution < 1.29 is 43.5 Å². The topological polar surface area (TPSA) is 61.4 Å². The Balaban J connectivity index is 0. The number of hydrogen-bond acceptors (Lipinski definition) is 4. The van der Waals surface area contributed by atoms with Crippen molar-refractivity contribution in [2.75, 3.05) is 13.3 Å². The molecule has 0 heterocycles. The van der Waals surface area contributed by atoms with E-state index < -0.39 is 8.25 Å². The molecule has 1 atom stereocenters. The van der Waals surface area contributed by atoms with Gasteiger partial charge in [-0.25, -0.2) is 0 Å². The molecule has 54 valence electrons. The van der Waals surface area contributed by atoms with Crippen LogP contribution in [0.3, 0.4) is 0 Å². The number of nitrogens with one attached hydrogen (secondary N) is 1. The summed E-state index contributed by atoms with van der Waals surface area (Å²) in [6.45, 7) is 2.86. The zero-order valence-electron chi connectivity index (χ0n) is 6.29. The van der Waals surface area contributed by atoms with Gasteiger partial charge in [0.1, 0.15) is 0 Å². The molecule has 0 rings (SSSR count). The van der Waals surface area contributed by atoms with Crippen LogP contribution in [0.2, 0.25) is 0 Å². The molecule has 6 heteroatoms. The first-order valence-electron chi connectivity index (χ1n) is 2.75. The quantitative estimate of drug-likeness (QED) is 0.208. The molecule has 0 aliphatic rings. The molecule has 0 aliphatic heterocycles. The van der Waals surface area contributed by atoms with Crippen LogP contribution in [0, 0.1) is 0 Å². The van der Waals surface area contributed by atoms with Gasteiger partial charge in [-0.1, -0.05) is 6.92 Å². The van der Waals surface area contributed by atoms with E-state index in [0.717, 1.165) is 13.0 Å². The molecule has 0 fully saturated rings. The van der Waals surface area contributed by atoms with Crippen molar-refractivity contribution in [1.29, 1.82) is 0 Å². The summed E-state index contributed by atoms with van der Waals surface area (Å²) < 4.78 is 13.9. The Hall–Kier alpha value is 0.980. The first kappa shape index (κ1) is 13.6. The Kier molecular flexibility index (Phi) is 13.5. The molecule has 0 radical (unpaired) electrons. The third-order valence-corrected chi connectivity index (χ3v) is 1.04. The van der Waals surface area contributed by atoms with Crippen LogP contribution in [-0.4, -0.2) is 13.3 Å². The normalized spacial score (nSPS) is 10.4. The van der Waals surface area contributed by atoms with Gasteiger partial charge in [-0.15, -0.1) is 4.52 Å². The zero-order valence-corrected chi connectivity index (χ0v) is 9.19. The smallest absolute Gasteiger partial charge is 0.566 e. The molecule has 0 aromatic heterocycles. The molecule has 0 aromatic carbocycles. The minimum Gasteiger partial charge on any atom is -0.566 e. The van der Waals surface area contributed by atoms with E-state index >= 15 is 0 Å². The van der Waals surface area contributed by atoms with Crippen molar-refractivity contribution in [3.63, 3.8) is 0 Å². The van der Waals surface area contributed by atoms with Crippen LogP contribution in [0.5, 0.6) is 0 Å². The number of hydrogen-bond donors (Lipinski definition) is 1. The third-order valence-electron chi connectivity index (χ3n) is 0.699. The van der Waals surface area contributed by atoms with Crippen molar-refractivity contribution in [1.82, 2.24) is 5.32 Å². The second-order valence-corrected chi connectivity index (χ2v) is 2.20. The molecule has 1 N–H and O–H groups in total. The van der Waals surface area contributed by atoms with Gasteiger partial charge in [-0.3, -0.25) is 5.32 Å². The molecule has 0 bridgehead atoms. The predicted molar refractivity (Wildman–Crippen MR) is 31.9 cm³/mol. The summed E-state index contributed by atoms with van der Waals surface area (Å²) in [7, 11) is -2.68. The van der Waals surface area contributed by atoms with E-state index in [0.29, 0.717) is 0 Å². The molecule has 0 aliphatic carbocycles. The fourth-order valence-electron chi connectivity index (χ4n) is 0.347. The second kappa shape index (κ2) is 9.98. The third kappa shape index (κ3) is 11.7. The van der Waals surface area contributed by atoms with Gasteiger partial charge in [0.25, 0.3) is 0 Å². The molecular weight excluding hydrogens is 164 g/mol. The predicted octanol–water partition coefficient (Wildman–Crippen LogP) is -3.02. The fourth-order valence-corrected chi connectivity index (χ4v) is 0.544. The Morgan fingerprint density at radius 1 is 1.70 bits per heavy atom. The summed E-state index contributed by atoms with van der Waals surface area (Å²) in [5.74, 6) is 0. The van der Waals surface area contributed by atoms with Crippen LogP contribution in [-0.2, 0) is 9.09 Å². The van der Waals surface area contributed by atoms with Gasteiger partial charge in [-0.05, 0) is 17.5 Å². The van der Waals surface area contributed by atoms with E-state index in [1.54, 1.807) is 0 Å². The van der Waals surface area contributed by atoms with Gasteiger partial charge in [0.15, 0.2) is 6.73 Å². The van der Waals surface area contributed by atoms with Gasteiger partial charge in [0, 0.05) is 0 Å². The van der Waals surface area contributed by atoms with E-state index in [-0.39, 0.29) is 36.3 Å². The van der Waals surface area contributed by atoms with Crippen LogP contribution >= 0.6 is 8.25 Å². The van der Waals surface area contributed by atoms with Crippen molar-refractivity contribution in [3.8, 4) is 0 Å². The molecule has 0 aromatic rings. The van der Waals surface area contributed by atoms with Gasteiger partial charge < -0.3 is 4.89 Å². The average Bonchev–Trinajstić information content (AvgIpc) is 1.80. The molecule has 4 nitrogen and oxygen atoms in total. The standard InChI is InChI=1S/C4H10NO3P.Na/c1-2-3-5-4-8-9(6)7;/h5H,2-4H2,1H3;/q;+1. The Morgan fingerprint density at radius 3 is 2.70 bits per heavy atom. The molecule has 0 spiro atoms. The van der Waals surface area contributed by atoms with E-state index in [1.165, 1.54) is 0 Å². The maximum Gasteiger partial charge on any atom is 1.00 e. The van der Waals surface area contributed by atoms with E-state index in [1.807, 2.05) is 6.92 Å². The molecule has 1 unspecified atom stereocenters. The fraction of sp³-hybridized carbons (Fsp3) is 1.00. The summed E-state index contributed by atoms with van der Waals surface area (Å²) in [4.78, 5) is 9.74. The molecule has 0 amide bonds. The largest absolute Gasteiger partial charge is 1.00 e. The first-order valence-corrected chi connectivity index (χ1v) is 3.85.